The molecule has 5 nitrogen and oxygen atoms in total. The van der Waals surface area contributed by atoms with Crippen molar-refractivity contribution in [2.75, 3.05) is 19.0 Å². The Kier molecular flexibility index (Phi) is 4.96. The molecule has 1 saturated heterocycles. The normalized spacial score (nSPS) is 21.7. The molecule has 2 N–H and O–H groups in total. The van der Waals surface area contributed by atoms with E-state index < -0.39 is 5.97 Å². The van der Waals surface area contributed by atoms with Crippen molar-refractivity contribution in [2.45, 2.75) is 32.7 Å². The van der Waals surface area contributed by atoms with Crippen LogP contribution < -0.4 is 10.6 Å². The number of amides is 1. The third-order valence-corrected chi connectivity index (χ3v) is 3.83. The first-order valence-corrected chi connectivity index (χ1v) is 7.24. The summed E-state index contributed by atoms with van der Waals surface area (Å²) in [6, 6.07) is 5.69. The largest absolute Gasteiger partial charge is 0.465 e. The molecular weight excluding hydrogens is 268 g/mol. The minimum atomic E-state index is -0.437. The van der Waals surface area contributed by atoms with Crippen molar-refractivity contribution in [3.63, 3.8) is 0 Å². The molecule has 0 aliphatic carbocycles. The van der Waals surface area contributed by atoms with Gasteiger partial charge in [-0.1, -0.05) is 11.6 Å². The molecule has 1 amide bonds. The first kappa shape index (κ1) is 15.5. The van der Waals surface area contributed by atoms with E-state index in [1.165, 1.54) is 7.11 Å². The summed E-state index contributed by atoms with van der Waals surface area (Å²) in [4.78, 5) is 24.2. The number of piperidine rings is 1. The Balaban J connectivity index is 2.15. The topological polar surface area (TPSA) is 67.4 Å². The van der Waals surface area contributed by atoms with Crippen molar-refractivity contribution in [3.8, 4) is 0 Å². The number of anilines is 1. The molecule has 1 aliphatic rings. The van der Waals surface area contributed by atoms with Crippen molar-refractivity contribution in [1.82, 2.24) is 5.32 Å². The van der Waals surface area contributed by atoms with Crippen LogP contribution >= 0.6 is 0 Å². The Morgan fingerprint density at radius 2 is 2.14 bits per heavy atom. The first-order chi connectivity index (χ1) is 10.0. The smallest absolute Gasteiger partial charge is 0.339 e. The maximum absolute atomic E-state index is 12.4. The maximum atomic E-state index is 12.4. The lowest BCUT2D eigenvalue weighted by Crippen LogP contribution is -2.40. The molecule has 2 unspecified atom stereocenters. The Hall–Kier alpha value is -1.88. The predicted octanol–water partition coefficient (Wildman–Crippen LogP) is 2.11. The minimum absolute atomic E-state index is 0.0203. The Morgan fingerprint density at radius 3 is 2.81 bits per heavy atom. The summed E-state index contributed by atoms with van der Waals surface area (Å²) >= 11 is 0. The fraction of sp³-hybridized carbons (Fsp3) is 0.500. The van der Waals surface area contributed by atoms with Crippen molar-refractivity contribution in [3.05, 3.63) is 29.3 Å². The first-order valence-electron chi connectivity index (χ1n) is 7.24. The maximum Gasteiger partial charge on any atom is 0.339 e. The van der Waals surface area contributed by atoms with E-state index in [0.717, 1.165) is 24.9 Å². The molecular formula is C16H22N2O3. The predicted molar refractivity (Wildman–Crippen MR) is 81.3 cm³/mol. The van der Waals surface area contributed by atoms with Gasteiger partial charge in [0.1, 0.15) is 0 Å². The fourth-order valence-electron chi connectivity index (χ4n) is 2.65. The fourth-order valence-corrected chi connectivity index (χ4v) is 2.65. The zero-order chi connectivity index (χ0) is 15.4. The lowest BCUT2D eigenvalue weighted by atomic mass is 9.92. The van der Waals surface area contributed by atoms with E-state index in [9.17, 15) is 9.59 Å². The molecule has 0 spiro atoms. The van der Waals surface area contributed by atoms with Gasteiger partial charge in [-0.3, -0.25) is 4.79 Å². The van der Waals surface area contributed by atoms with Crippen LogP contribution in [0.25, 0.3) is 0 Å². The molecule has 21 heavy (non-hydrogen) atoms. The van der Waals surface area contributed by atoms with Gasteiger partial charge < -0.3 is 15.4 Å². The molecule has 1 aromatic carbocycles. The third-order valence-electron chi connectivity index (χ3n) is 3.83. The minimum Gasteiger partial charge on any atom is -0.465 e. The Bertz CT molecular complexity index is 542. The van der Waals surface area contributed by atoms with E-state index in [4.69, 9.17) is 4.74 Å². The molecule has 2 atom stereocenters. The second-order valence-corrected chi connectivity index (χ2v) is 5.61. The van der Waals surface area contributed by atoms with Gasteiger partial charge in [0.05, 0.1) is 18.4 Å². The number of benzene rings is 1. The van der Waals surface area contributed by atoms with Gasteiger partial charge in [0.25, 0.3) is 0 Å². The number of aryl methyl sites for hydroxylation is 1. The summed E-state index contributed by atoms with van der Waals surface area (Å²) in [7, 11) is 1.34. The second-order valence-electron chi connectivity index (χ2n) is 5.61. The summed E-state index contributed by atoms with van der Waals surface area (Å²) < 4.78 is 4.78. The van der Waals surface area contributed by atoms with Gasteiger partial charge >= 0.3 is 5.97 Å². The number of methoxy groups -OCH3 is 1. The zero-order valence-electron chi connectivity index (χ0n) is 12.7. The van der Waals surface area contributed by atoms with Crippen LogP contribution in [-0.2, 0) is 9.53 Å². The van der Waals surface area contributed by atoms with Crippen LogP contribution in [0.2, 0.25) is 0 Å². The van der Waals surface area contributed by atoms with Crippen molar-refractivity contribution in [2.24, 2.45) is 5.92 Å². The van der Waals surface area contributed by atoms with E-state index in [2.05, 4.69) is 17.6 Å². The highest BCUT2D eigenvalue weighted by Crippen LogP contribution is 2.22. The van der Waals surface area contributed by atoms with E-state index in [1.807, 2.05) is 13.0 Å². The molecule has 5 heteroatoms. The number of hydrogen-bond acceptors (Lipinski definition) is 4. The number of carbonyl (C=O) groups is 2. The number of rotatable bonds is 3. The van der Waals surface area contributed by atoms with Crippen molar-refractivity contribution >= 4 is 17.6 Å². The van der Waals surface area contributed by atoms with Gasteiger partial charge in [0, 0.05) is 12.0 Å². The average molecular weight is 290 g/mol. The highest BCUT2D eigenvalue weighted by atomic mass is 16.5. The zero-order valence-corrected chi connectivity index (χ0v) is 12.7. The Morgan fingerprint density at radius 1 is 1.38 bits per heavy atom. The SMILES string of the molecule is COC(=O)c1cc(C)ccc1NC(=O)C1CCNC(C)C1. The summed E-state index contributed by atoms with van der Waals surface area (Å²) in [5, 5.41) is 6.20. The molecule has 0 saturated carbocycles. The summed E-state index contributed by atoms with van der Waals surface area (Å²) in [5.41, 5.74) is 1.86. The van der Waals surface area contributed by atoms with Gasteiger partial charge in [-0.15, -0.1) is 0 Å². The molecule has 0 radical (unpaired) electrons. The standard InChI is InChI=1S/C16H22N2O3/c1-10-4-5-14(13(8-10)16(20)21-3)18-15(19)12-6-7-17-11(2)9-12/h4-5,8,11-12,17H,6-7,9H2,1-3H3,(H,18,19). The lowest BCUT2D eigenvalue weighted by molar-refractivity contribution is -0.120. The van der Waals surface area contributed by atoms with Gasteiger partial charge in [0.2, 0.25) is 5.91 Å². The number of hydrogen-bond donors (Lipinski definition) is 2. The van der Waals surface area contributed by atoms with Crippen LogP contribution in [0.4, 0.5) is 5.69 Å². The number of esters is 1. The summed E-state index contributed by atoms with van der Waals surface area (Å²) in [6.07, 6.45) is 1.63. The van der Waals surface area contributed by atoms with Gasteiger partial charge in [-0.25, -0.2) is 4.79 Å². The van der Waals surface area contributed by atoms with Crippen LogP contribution in [0.1, 0.15) is 35.7 Å². The van der Waals surface area contributed by atoms with E-state index in [0.29, 0.717) is 17.3 Å². The van der Waals surface area contributed by atoms with Crippen LogP contribution in [0.3, 0.4) is 0 Å². The number of ether oxygens (including phenoxy) is 1. The van der Waals surface area contributed by atoms with E-state index in [-0.39, 0.29) is 11.8 Å². The molecule has 1 fully saturated rings. The highest BCUT2D eigenvalue weighted by Gasteiger charge is 2.25. The quantitative estimate of drug-likeness (QED) is 0.837. The molecule has 1 heterocycles. The monoisotopic (exact) mass is 290 g/mol. The van der Waals surface area contributed by atoms with Crippen molar-refractivity contribution < 1.29 is 14.3 Å². The van der Waals surface area contributed by atoms with Gasteiger partial charge in [-0.2, -0.15) is 0 Å². The summed E-state index contributed by atoms with van der Waals surface area (Å²) in [6.45, 7) is 4.81. The van der Waals surface area contributed by atoms with E-state index in [1.54, 1.807) is 12.1 Å². The molecule has 0 bridgehead atoms. The lowest BCUT2D eigenvalue weighted by Gasteiger charge is -2.27. The Labute approximate surface area is 125 Å². The summed E-state index contributed by atoms with van der Waals surface area (Å²) in [5.74, 6) is -0.488. The van der Waals surface area contributed by atoms with Gasteiger partial charge in [0.15, 0.2) is 0 Å². The van der Waals surface area contributed by atoms with Crippen LogP contribution in [0, 0.1) is 12.8 Å². The molecule has 1 aliphatic heterocycles. The average Bonchev–Trinajstić information content (AvgIpc) is 2.48. The van der Waals surface area contributed by atoms with Crippen LogP contribution in [0.5, 0.6) is 0 Å². The highest BCUT2D eigenvalue weighted by molar-refractivity contribution is 6.02. The van der Waals surface area contributed by atoms with Crippen LogP contribution in [-0.4, -0.2) is 31.6 Å². The van der Waals surface area contributed by atoms with Gasteiger partial charge in [-0.05, 0) is 45.4 Å². The van der Waals surface area contributed by atoms with E-state index >= 15 is 0 Å². The van der Waals surface area contributed by atoms with Crippen LogP contribution in [0.15, 0.2) is 18.2 Å². The molecule has 2 rings (SSSR count). The molecule has 1 aromatic rings. The molecule has 114 valence electrons. The second kappa shape index (κ2) is 6.72. The van der Waals surface area contributed by atoms with Crippen molar-refractivity contribution in [1.29, 1.82) is 0 Å². The number of carbonyl (C=O) groups excluding carboxylic acids is 2. The number of nitrogens with one attached hydrogen (secondary N) is 2. The third kappa shape index (κ3) is 3.82. The molecule has 0 aromatic heterocycles.